The Kier molecular flexibility index (Phi) is 14.2. The zero-order valence-corrected chi connectivity index (χ0v) is 8.08. The van der Waals surface area contributed by atoms with Gasteiger partial charge < -0.3 is 0 Å². The van der Waals surface area contributed by atoms with Gasteiger partial charge in [0.1, 0.15) is 0 Å². The SMILES string of the molecule is CCCCCCC(C)Br.[MgH2]. The van der Waals surface area contributed by atoms with Crippen molar-refractivity contribution in [2.24, 2.45) is 0 Å². The van der Waals surface area contributed by atoms with Crippen LogP contribution in [0.1, 0.15) is 46.0 Å². The van der Waals surface area contributed by atoms with E-state index >= 15 is 0 Å². The first-order chi connectivity index (χ1) is 4.27. The van der Waals surface area contributed by atoms with Crippen molar-refractivity contribution < 1.29 is 0 Å². The van der Waals surface area contributed by atoms with Crippen LogP contribution in [0.25, 0.3) is 0 Å². The molecule has 0 rings (SSSR count). The fraction of sp³-hybridized carbons (Fsp3) is 1.00. The number of hydrogen-bond acceptors (Lipinski definition) is 0. The molecule has 2 heteroatoms. The third-order valence-corrected chi connectivity index (χ3v) is 1.91. The average Bonchev–Trinajstić information content (AvgIpc) is 1.80. The Morgan fingerprint density at radius 1 is 1.20 bits per heavy atom. The van der Waals surface area contributed by atoms with Crippen LogP contribution >= 0.6 is 15.9 Å². The summed E-state index contributed by atoms with van der Waals surface area (Å²) in [6.07, 6.45) is 6.88. The van der Waals surface area contributed by atoms with Crippen molar-refractivity contribution in [3.05, 3.63) is 0 Å². The van der Waals surface area contributed by atoms with E-state index < -0.39 is 0 Å². The molecule has 60 valence electrons. The van der Waals surface area contributed by atoms with E-state index in [0.29, 0.717) is 4.83 Å². The summed E-state index contributed by atoms with van der Waals surface area (Å²) in [5.74, 6) is 0. The van der Waals surface area contributed by atoms with Gasteiger partial charge in [-0.3, -0.25) is 0 Å². The highest BCUT2D eigenvalue weighted by molar-refractivity contribution is 9.09. The minimum atomic E-state index is 0. The Balaban J connectivity index is 0. The summed E-state index contributed by atoms with van der Waals surface area (Å²) in [6, 6.07) is 0. The highest BCUT2D eigenvalue weighted by Gasteiger charge is 1.93. The number of hydrogen-bond donors (Lipinski definition) is 0. The van der Waals surface area contributed by atoms with Crippen molar-refractivity contribution in [3.63, 3.8) is 0 Å². The first kappa shape index (κ1) is 13.8. The molecule has 0 bridgehead atoms. The van der Waals surface area contributed by atoms with Crippen LogP contribution in [-0.4, -0.2) is 27.9 Å². The minimum Gasteiger partial charge on any atom is -0.0894 e. The van der Waals surface area contributed by atoms with Gasteiger partial charge in [-0.2, -0.15) is 0 Å². The van der Waals surface area contributed by atoms with Gasteiger partial charge in [-0.05, 0) is 6.42 Å². The predicted molar refractivity (Wildman–Crippen MR) is 55.7 cm³/mol. The maximum Gasteiger partial charge on any atom is 0.316 e. The summed E-state index contributed by atoms with van der Waals surface area (Å²) < 4.78 is 0. The van der Waals surface area contributed by atoms with Crippen LogP contribution < -0.4 is 0 Å². The molecule has 0 saturated heterocycles. The first-order valence-electron chi connectivity index (χ1n) is 3.91. The molecule has 0 amide bonds. The van der Waals surface area contributed by atoms with E-state index in [2.05, 4.69) is 29.8 Å². The lowest BCUT2D eigenvalue weighted by Crippen LogP contribution is -1.88. The van der Waals surface area contributed by atoms with Crippen LogP contribution in [0, 0.1) is 0 Å². The molecule has 0 heterocycles. The molecule has 0 aromatic carbocycles. The second kappa shape index (κ2) is 10.2. The molecule has 0 aromatic heterocycles. The zero-order valence-electron chi connectivity index (χ0n) is 6.49. The van der Waals surface area contributed by atoms with Gasteiger partial charge in [-0.15, -0.1) is 0 Å². The topological polar surface area (TPSA) is 0 Å². The third kappa shape index (κ3) is 12.0. The van der Waals surface area contributed by atoms with Crippen LogP contribution in [0.15, 0.2) is 0 Å². The molecular weight excluding hydrogens is 200 g/mol. The summed E-state index contributed by atoms with van der Waals surface area (Å²) in [7, 11) is 0. The normalized spacial score (nSPS) is 12.3. The minimum absolute atomic E-state index is 0. The average molecular weight is 219 g/mol. The number of unbranched alkanes of at least 4 members (excludes halogenated alkanes) is 3. The Hall–Kier alpha value is 1.25. The van der Waals surface area contributed by atoms with Gasteiger partial charge in [0, 0.05) is 4.83 Å². The Bertz CT molecular complexity index is 55.2. The van der Waals surface area contributed by atoms with Crippen LogP contribution in [0.2, 0.25) is 0 Å². The van der Waals surface area contributed by atoms with Crippen molar-refractivity contribution in [1.29, 1.82) is 0 Å². The molecule has 10 heavy (non-hydrogen) atoms. The lowest BCUT2D eigenvalue weighted by molar-refractivity contribution is 0.633. The fourth-order valence-electron chi connectivity index (χ4n) is 0.852. The van der Waals surface area contributed by atoms with E-state index in [1.807, 2.05) is 0 Å². The summed E-state index contributed by atoms with van der Waals surface area (Å²) in [5.41, 5.74) is 0. The maximum atomic E-state index is 3.53. The highest BCUT2D eigenvalue weighted by Crippen LogP contribution is 2.10. The fourth-order valence-corrected chi connectivity index (χ4v) is 1.18. The van der Waals surface area contributed by atoms with E-state index in [1.165, 1.54) is 32.1 Å². The molecule has 0 radical (unpaired) electrons. The van der Waals surface area contributed by atoms with Gasteiger partial charge in [-0.1, -0.05) is 55.5 Å². The van der Waals surface area contributed by atoms with Gasteiger partial charge in [0.2, 0.25) is 0 Å². The molecule has 0 aliphatic heterocycles. The molecule has 0 spiro atoms. The lowest BCUT2D eigenvalue weighted by atomic mass is 10.1. The van der Waals surface area contributed by atoms with Crippen molar-refractivity contribution in [1.82, 2.24) is 0 Å². The van der Waals surface area contributed by atoms with E-state index in [1.54, 1.807) is 0 Å². The van der Waals surface area contributed by atoms with Crippen molar-refractivity contribution in [2.75, 3.05) is 0 Å². The summed E-state index contributed by atoms with van der Waals surface area (Å²) in [5, 5.41) is 0. The van der Waals surface area contributed by atoms with E-state index in [-0.39, 0.29) is 23.1 Å². The highest BCUT2D eigenvalue weighted by atomic mass is 79.9. The Morgan fingerprint density at radius 2 is 1.80 bits per heavy atom. The Morgan fingerprint density at radius 3 is 2.20 bits per heavy atom. The second-order valence-electron chi connectivity index (χ2n) is 2.63. The smallest absolute Gasteiger partial charge is 0.0894 e. The largest absolute Gasteiger partial charge is 0.316 e. The van der Waals surface area contributed by atoms with E-state index in [9.17, 15) is 0 Å². The quantitative estimate of drug-likeness (QED) is 0.379. The molecule has 0 aromatic rings. The van der Waals surface area contributed by atoms with Crippen LogP contribution in [0.4, 0.5) is 0 Å². The van der Waals surface area contributed by atoms with Gasteiger partial charge in [0.25, 0.3) is 0 Å². The third-order valence-electron chi connectivity index (χ3n) is 1.46. The summed E-state index contributed by atoms with van der Waals surface area (Å²) in [4.78, 5) is 0.717. The first-order valence-corrected chi connectivity index (χ1v) is 4.83. The molecular formula is C8H19BrMg. The molecule has 0 nitrogen and oxygen atoms in total. The molecule has 0 N–H and O–H groups in total. The summed E-state index contributed by atoms with van der Waals surface area (Å²) >= 11 is 3.53. The molecule has 0 saturated carbocycles. The number of rotatable bonds is 5. The Labute approximate surface area is 89.4 Å². The lowest BCUT2D eigenvalue weighted by Gasteiger charge is -2.00. The van der Waals surface area contributed by atoms with E-state index in [4.69, 9.17) is 0 Å². The van der Waals surface area contributed by atoms with Crippen LogP contribution in [0.3, 0.4) is 0 Å². The molecule has 0 aliphatic rings. The standard InChI is InChI=1S/C8H17Br.Mg.2H/c1-3-4-5-6-7-8(2)9;;;/h8H,3-7H2,1-2H3;;;. The van der Waals surface area contributed by atoms with Crippen LogP contribution in [-0.2, 0) is 0 Å². The molecule has 1 unspecified atom stereocenters. The molecule has 1 atom stereocenters. The molecule has 0 aliphatic carbocycles. The van der Waals surface area contributed by atoms with Crippen molar-refractivity contribution in [2.45, 2.75) is 50.8 Å². The number of alkyl halides is 1. The second-order valence-corrected chi connectivity index (χ2v) is 4.19. The van der Waals surface area contributed by atoms with Crippen molar-refractivity contribution >= 4 is 39.0 Å². The molecule has 0 fully saturated rings. The number of halogens is 1. The zero-order chi connectivity index (χ0) is 7.11. The van der Waals surface area contributed by atoms with Gasteiger partial charge in [0.15, 0.2) is 0 Å². The van der Waals surface area contributed by atoms with E-state index in [0.717, 1.165) is 0 Å². The van der Waals surface area contributed by atoms with Gasteiger partial charge >= 0.3 is 23.1 Å². The van der Waals surface area contributed by atoms with Gasteiger partial charge in [-0.25, -0.2) is 0 Å². The predicted octanol–water partition coefficient (Wildman–Crippen LogP) is 2.82. The van der Waals surface area contributed by atoms with Crippen molar-refractivity contribution in [3.8, 4) is 0 Å². The van der Waals surface area contributed by atoms with Crippen LogP contribution in [0.5, 0.6) is 0 Å². The van der Waals surface area contributed by atoms with Gasteiger partial charge in [0.05, 0.1) is 0 Å². The monoisotopic (exact) mass is 218 g/mol. The maximum absolute atomic E-state index is 3.53. The summed E-state index contributed by atoms with van der Waals surface area (Å²) in [6.45, 7) is 4.46.